The van der Waals surface area contributed by atoms with Gasteiger partial charge in [0.25, 0.3) is 0 Å². The highest BCUT2D eigenvalue weighted by atomic mass is 32.2. The SMILES string of the molecule is [C-]#[N+]S(=O)(=O)/C=C1/CC[C@H]2[C@@H]3CC=C4C=C(OC)CC[C@]4(C)[C@H]3CC[C@]12C. The number of rotatable bonds is 2. The molecule has 5 atom stereocenters. The third-order valence-electron chi connectivity index (χ3n) is 8.26. The van der Waals surface area contributed by atoms with Crippen LogP contribution in [0.1, 0.15) is 58.8 Å². The van der Waals surface area contributed by atoms with Crippen LogP contribution in [0.3, 0.4) is 0 Å². The van der Waals surface area contributed by atoms with Gasteiger partial charge in [-0.3, -0.25) is 0 Å². The number of allylic oxidation sites excluding steroid dienone is 5. The minimum Gasteiger partial charge on any atom is -0.501 e. The van der Waals surface area contributed by atoms with Crippen molar-refractivity contribution >= 4 is 10.0 Å². The van der Waals surface area contributed by atoms with Crippen LogP contribution in [-0.4, -0.2) is 15.5 Å². The van der Waals surface area contributed by atoms with Crippen LogP contribution in [0.25, 0.3) is 4.25 Å². The van der Waals surface area contributed by atoms with E-state index in [1.54, 1.807) is 7.11 Å². The van der Waals surface area contributed by atoms with Crippen molar-refractivity contribution < 1.29 is 13.2 Å². The summed E-state index contributed by atoms with van der Waals surface area (Å²) >= 11 is 0. The van der Waals surface area contributed by atoms with E-state index in [1.807, 2.05) is 0 Å². The van der Waals surface area contributed by atoms with E-state index >= 15 is 0 Å². The van der Waals surface area contributed by atoms with Gasteiger partial charge in [-0.1, -0.05) is 19.9 Å². The van der Waals surface area contributed by atoms with Crippen LogP contribution in [0.2, 0.25) is 0 Å². The monoisotopic (exact) mass is 387 g/mol. The lowest BCUT2D eigenvalue weighted by Gasteiger charge is -2.56. The van der Waals surface area contributed by atoms with Crippen LogP contribution in [-0.2, 0) is 14.8 Å². The molecule has 4 aliphatic carbocycles. The average molecular weight is 388 g/mol. The zero-order chi connectivity index (χ0) is 19.4. The minimum absolute atomic E-state index is 0.0666. The van der Waals surface area contributed by atoms with Crippen molar-refractivity contribution in [1.29, 1.82) is 0 Å². The largest absolute Gasteiger partial charge is 0.501 e. The van der Waals surface area contributed by atoms with E-state index in [0.29, 0.717) is 17.8 Å². The van der Waals surface area contributed by atoms with Crippen LogP contribution in [0.4, 0.5) is 0 Å². The Labute approximate surface area is 163 Å². The fraction of sp³-hybridized carbons (Fsp3) is 0.682. The molecule has 0 aromatic carbocycles. The Morgan fingerprint density at radius 3 is 2.63 bits per heavy atom. The molecule has 146 valence electrons. The van der Waals surface area contributed by atoms with Gasteiger partial charge in [-0.25, -0.2) is 6.57 Å². The molecule has 0 heterocycles. The van der Waals surface area contributed by atoms with Gasteiger partial charge in [0, 0.05) is 6.42 Å². The maximum absolute atomic E-state index is 11.9. The summed E-state index contributed by atoms with van der Waals surface area (Å²) in [6.07, 6.45) is 11.9. The number of sulfonamides is 1. The molecule has 0 saturated heterocycles. The second kappa shape index (κ2) is 6.24. The van der Waals surface area contributed by atoms with Gasteiger partial charge >= 0.3 is 10.0 Å². The summed E-state index contributed by atoms with van der Waals surface area (Å²) in [7, 11) is -2.00. The van der Waals surface area contributed by atoms with Gasteiger partial charge in [-0.15, -0.1) is 8.42 Å². The molecule has 0 unspecified atom stereocenters. The van der Waals surface area contributed by atoms with Crippen molar-refractivity contribution in [3.8, 4) is 0 Å². The quantitative estimate of drug-likeness (QED) is 0.610. The molecule has 0 aromatic heterocycles. The summed E-state index contributed by atoms with van der Waals surface area (Å²) in [6, 6.07) is 0. The Bertz CT molecular complexity index is 891. The van der Waals surface area contributed by atoms with Crippen molar-refractivity contribution in [3.63, 3.8) is 0 Å². The smallest absolute Gasteiger partial charge is 0.461 e. The zero-order valence-electron chi connectivity index (χ0n) is 16.5. The van der Waals surface area contributed by atoms with E-state index in [0.717, 1.165) is 56.3 Å². The molecule has 2 saturated carbocycles. The second-order valence-electron chi connectivity index (χ2n) is 9.25. The van der Waals surface area contributed by atoms with Gasteiger partial charge in [-0.2, -0.15) is 4.25 Å². The number of hydrogen-bond acceptors (Lipinski definition) is 3. The van der Waals surface area contributed by atoms with Crippen molar-refractivity contribution in [2.24, 2.45) is 28.6 Å². The topological polar surface area (TPSA) is 47.7 Å². The normalized spacial score (nSPS) is 42.3. The molecule has 0 radical (unpaired) electrons. The first-order chi connectivity index (χ1) is 12.7. The summed E-state index contributed by atoms with van der Waals surface area (Å²) < 4.78 is 32.1. The average Bonchev–Trinajstić information content (AvgIpc) is 2.97. The maximum atomic E-state index is 11.9. The van der Waals surface area contributed by atoms with Crippen molar-refractivity contribution in [1.82, 2.24) is 0 Å². The van der Waals surface area contributed by atoms with Gasteiger partial charge in [0.15, 0.2) is 0 Å². The zero-order valence-corrected chi connectivity index (χ0v) is 17.3. The predicted octanol–water partition coefficient (Wildman–Crippen LogP) is 5.22. The van der Waals surface area contributed by atoms with E-state index < -0.39 is 10.0 Å². The molecule has 0 N–H and O–H groups in total. The van der Waals surface area contributed by atoms with Crippen molar-refractivity contribution in [2.75, 3.05) is 7.11 Å². The van der Waals surface area contributed by atoms with Gasteiger partial charge in [0.1, 0.15) is 5.41 Å². The lowest BCUT2D eigenvalue weighted by molar-refractivity contribution is -0.00824. The second-order valence-corrected chi connectivity index (χ2v) is 10.7. The third kappa shape index (κ3) is 2.79. The van der Waals surface area contributed by atoms with Crippen LogP contribution in [0.5, 0.6) is 0 Å². The molecule has 4 rings (SSSR count). The van der Waals surface area contributed by atoms with Crippen LogP contribution >= 0.6 is 0 Å². The molecular formula is C22H29NO3S. The first kappa shape index (κ1) is 18.8. The summed E-state index contributed by atoms with van der Waals surface area (Å²) in [5.41, 5.74) is 2.58. The van der Waals surface area contributed by atoms with E-state index in [1.165, 1.54) is 11.0 Å². The molecule has 0 bridgehead atoms. The van der Waals surface area contributed by atoms with Gasteiger partial charge in [0.05, 0.1) is 12.9 Å². The summed E-state index contributed by atoms with van der Waals surface area (Å²) in [5, 5.41) is 1.29. The fourth-order valence-corrected chi connectivity index (χ4v) is 7.51. The van der Waals surface area contributed by atoms with E-state index in [9.17, 15) is 8.42 Å². The summed E-state index contributed by atoms with van der Waals surface area (Å²) in [6.45, 7) is 11.6. The molecule has 0 aromatic rings. The standard InChI is InChI=1S/C22H29NO3S/c1-21-11-9-17(26-4)13-15(21)5-7-18-19-8-6-16(14-27(24,25)23-3)22(19,2)12-10-20(18)21/h5,13-14,18-20H,6-12H2,1-2,4H3/b16-14-/t18-,19-,20-,21-,22+/m0/s1. The van der Waals surface area contributed by atoms with Gasteiger partial charge in [0.2, 0.25) is 0 Å². The van der Waals surface area contributed by atoms with Crippen LogP contribution in [0.15, 0.2) is 34.5 Å². The third-order valence-corrected chi connectivity index (χ3v) is 9.10. The Hall–Kier alpha value is -1.54. The highest BCUT2D eigenvalue weighted by Crippen LogP contribution is 2.65. The molecular weight excluding hydrogens is 358 g/mol. The first-order valence-corrected chi connectivity index (χ1v) is 11.5. The van der Waals surface area contributed by atoms with Gasteiger partial charge < -0.3 is 4.74 Å². The highest BCUT2D eigenvalue weighted by molar-refractivity contribution is 7.96. The lowest BCUT2D eigenvalue weighted by Crippen LogP contribution is -2.48. The molecule has 4 aliphatic rings. The van der Waals surface area contributed by atoms with E-state index in [2.05, 4.69) is 30.2 Å². The Balaban J connectivity index is 1.68. The van der Waals surface area contributed by atoms with Crippen molar-refractivity contribution in [2.45, 2.75) is 58.8 Å². The van der Waals surface area contributed by atoms with E-state index in [4.69, 9.17) is 11.3 Å². The first-order valence-electron chi connectivity index (χ1n) is 10.0. The number of methoxy groups -OCH3 is 1. The minimum atomic E-state index is -3.77. The highest BCUT2D eigenvalue weighted by Gasteiger charge is 2.57. The van der Waals surface area contributed by atoms with Gasteiger partial charge in [-0.05, 0) is 84.3 Å². The van der Waals surface area contributed by atoms with Crippen LogP contribution in [0, 0.1) is 35.2 Å². The molecule has 4 nitrogen and oxygen atoms in total. The molecule has 27 heavy (non-hydrogen) atoms. The number of nitrogens with zero attached hydrogens (tertiary/aromatic N) is 1. The molecule has 0 aliphatic heterocycles. The van der Waals surface area contributed by atoms with Crippen LogP contribution < -0.4 is 0 Å². The molecule has 2 fully saturated rings. The van der Waals surface area contributed by atoms with E-state index in [-0.39, 0.29) is 10.8 Å². The summed E-state index contributed by atoms with van der Waals surface area (Å²) in [4.78, 5) is 0. The predicted molar refractivity (Wildman–Crippen MR) is 106 cm³/mol. The maximum Gasteiger partial charge on any atom is 0.461 e. The number of ether oxygens (including phenoxy) is 1. The Morgan fingerprint density at radius 1 is 1.19 bits per heavy atom. The number of fused-ring (bicyclic) bond motifs is 5. The Morgan fingerprint density at radius 2 is 1.93 bits per heavy atom. The fourth-order valence-electron chi connectivity index (χ4n) is 6.71. The molecule has 5 heteroatoms. The lowest BCUT2D eigenvalue weighted by atomic mass is 9.48. The van der Waals surface area contributed by atoms with Crippen molar-refractivity contribution in [3.05, 3.63) is 45.3 Å². The number of hydrogen-bond donors (Lipinski definition) is 0. The molecule has 0 spiro atoms. The Kier molecular flexibility index (Phi) is 4.34. The molecule has 0 amide bonds. The summed E-state index contributed by atoms with van der Waals surface area (Å²) in [5.74, 6) is 2.87.